The standard InChI is InChI=1S/C23H19FN4O3S2/c1-32-18-8-2-15(3-9-18)14-20-22(30)27(23(31)33-20)13-11-25-21(29)19-10-12-28(26-19)17-6-4-16(24)5-7-17/h2-10,12,14H,11,13H2,1H3,(H,25,29)/b20-14-. The van der Waals surface area contributed by atoms with Crippen LogP contribution < -0.4 is 5.32 Å². The lowest BCUT2D eigenvalue weighted by Crippen LogP contribution is -2.37. The van der Waals surface area contributed by atoms with Crippen LogP contribution in [0.25, 0.3) is 11.8 Å². The third-order valence-corrected chi connectivity index (χ3v) is 6.47. The summed E-state index contributed by atoms with van der Waals surface area (Å²) in [6.45, 7) is 0.147. The average molecular weight is 483 g/mol. The lowest BCUT2D eigenvalue weighted by atomic mass is 10.2. The van der Waals surface area contributed by atoms with Gasteiger partial charge >= 0.3 is 0 Å². The maximum Gasteiger partial charge on any atom is 0.293 e. The molecule has 0 unspecified atom stereocenters. The zero-order chi connectivity index (χ0) is 23.4. The highest BCUT2D eigenvalue weighted by atomic mass is 32.2. The molecule has 1 fully saturated rings. The summed E-state index contributed by atoms with van der Waals surface area (Å²) in [7, 11) is 0. The molecule has 0 radical (unpaired) electrons. The molecule has 3 amide bonds. The van der Waals surface area contributed by atoms with Gasteiger partial charge in [0, 0.05) is 24.2 Å². The molecular formula is C23H19FN4O3S2. The molecule has 1 aromatic heterocycles. The molecule has 0 atom stereocenters. The topological polar surface area (TPSA) is 84.3 Å². The van der Waals surface area contributed by atoms with Crippen LogP contribution in [0.2, 0.25) is 0 Å². The fourth-order valence-electron chi connectivity index (χ4n) is 3.10. The van der Waals surface area contributed by atoms with Crippen molar-refractivity contribution >= 4 is 46.7 Å². The Morgan fingerprint density at radius 3 is 2.55 bits per heavy atom. The van der Waals surface area contributed by atoms with Crippen molar-refractivity contribution in [1.29, 1.82) is 0 Å². The van der Waals surface area contributed by atoms with Gasteiger partial charge in [0.05, 0.1) is 10.6 Å². The van der Waals surface area contributed by atoms with Crippen LogP contribution in [0.15, 0.2) is 70.6 Å². The molecule has 1 aliphatic heterocycles. The van der Waals surface area contributed by atoms with E-state index in [2.05, 4.69) is 10.4 Å². The van der Waals surface area contributed by atoms with Gasteiger partial charge in [0.1, 0.15) is 5.82 Å². The second-order valence-corrected chi connectivity index (χ2v) is 8.86. The summed E-state index contributed by atoms with van der Waals surface area (Å²) in [6.07, 6.45) is 5.26. The van der Waals surface area contributed by atoms with Crippen molar-refractivity contribution in [3.05, 3.63) is 82.8 Å². The van der Waals surface area contributed by atoms with E-state index in [1.807, 2.05) is 30.5 Å². The molecule has 0 bridgehead atoms. The number of carbonyl (C=O) groups excluding carboxylic acids is 3. The van der Waals surface area contributed by atoms with E-state index in [1.165, 1.54) is 22.9 Å². The lowest BCUT2D eigenvalue weighted by Gasteiger charge is -2.12. The highest BCUT2D eigenvalue weighted by molar-refractivity contribution is 8.18. The predicted molar refractivity (Wildman–Crippen MR) is 127 cm³/mol. The van der Waals surface area contributed by atoms with E-state index in [0.717, 1.165) is 27.1 Å². The molecule has 0 saturated carbocycles. The first-order chi connectivity index (χ1) is 15.9. The number of nitrogens with one attached hydrogen (secondary N) is 1. The highest BCUT2D eigenvalue weighted by Gasteiger charge is 2.34. The predicted octanol–water partition coefficient (Wildman–Crippen LogP) is 4.20. The number of imide groups is 1. The smallest absolute Gasteiger partial charge is 0.293 e. The molecule has 10 heteroatoms. The van der Waals surface area contributed by atoms with Crippen LogP contribution in [-0.4, -0.2) is 51.1 Å². The first kappa shape index (κ1) is 22.8. The van der Waals surface area contributed by atoms with Gasteiger partial charge in [-0.05, 0) is 72.1 Å². The van der Waals surface area contributed by atoms with Gasteiger partial charge < -0.3 is 5.32 Å². The Morgan fingerprint density at radius 2 is 1.85 bits per heavy atom. The molecule has 2 aromatic carbocycles. The van der Waals surface area contributed by atoms with Crippen LogP contribution in [0.1, 0.15) is 16.1 Å². The zero-order valence-corrected chi connectivity index (χ0v) is 19.2. The van der Waals surface area contributed by atoms with E-state index in [-0.39, 0.29) is 35.7 Å². The van der Waals surface area contributed by atoms with E-state index >= 15 is 0 Å². The number of benzene rings is 2. The van der Waals surface area contributed by atoms with Crippen LogP contribution in [0.5, 0.6) is 0 Å². The summed E-state index contributed by atoms with van der Waals surface area (Å²) in [5, 5.41) is 6.47. The highest BCUT2D eigenvalue weighted by Crippen LogP contribution is 2.32. The molecule has 0 aliphatic carbocycles. The number of hydrogen-bond donors (Lipinski definition) is 1. The van der Waals surface area contributed by atoms with Crippen LogP contribution in [0, 0.1) is 5.82 Å². The first-order valence-electron chi connectivity index (χ1n) is 9.94. The number of halogens is 1. The maximum absolute atomic E-state index is 13.1. The summed E-state index contributed by atoms with van der Waals surface area (Å²) >= 11 is 2.50. The van der Waals surface area contributed by atoms with E-state index in [1.54, 1.807) is 36.2 Å². The van der Waals surface area contributed by atoms with Crippen molar-refractivity contribution in [2.45, 2.75) is 4.90 Å². The summed E-state index contributed by atoms with van der Waals surface area (Å²) in [4.78, 5) is 39.9. The van der Waals surface area contributed by atoms with Crippen LogP contribution in [0.3, 0.4) is 0 Å². The molecule has 1 aliphatic rings. The second kappa shape index (κ2) is 10.1. The third-order valence-electron chi connectivity index (χ3n) is 4.82. The van der Waals surface area contributed by atoms with Gasteiger partial charge in [0.2, 0.25) is 0 Å². The Bertz CT molecular complexity index is 1220. The number of carbonyl (C=O) groups is 3. The average Bonchev–Trinajstić information content (AvgIpc) is 3.41. The van der Waals surface area contributed by atoms with Gasteiger partial charge in [-0.1, -0.05) is 12.1 Å². The molecular weight excluding hydrogens is 463 g/mol. The Hall–Kier alpha value is -3.37. The first-order valence-corrected chi connectivity index (χ1v) is 12.0. The largest absolute Gasteiger partial charge is 0.349 e. The van der Waals surface area contributed by atoms with E-state index in [4.69, 9.17) is 0 Å². The Balaban J connectivity index is 1.33. The Kier molecular flexibility index (Phi) is 6.95. The third kappa shape index (κ3) is 5.35. The molecule has 3 aromatic rings. The van der Waals surface area contributed by atoms with E-state index < -0.39 is 5.91 Å². The number of rotatable bonds is 7. The molecule has 2 heterocycles. The normalized spacial score (nSPS) is 14.8. The van der Waals surface area contributed by atoms with Gasteiger partial charge in [-0.15, -0.1) is 11.8 Å². The molecule has 0 spiro atoms. The number of hydrogen-bond acceptors (Lipinski definition) is 6. The molecule has 1 N–H and O–H groups in total. The summed E-state index contributed by atoms with van der Waals surface area (Å²) in [6, 6.07) is 14.9. The van der Waals surface area contributed by atoms with Crippen LogP contribution >= 0.6 is 23.5 Å². The molecule has 7 nitrogen and oxygen atoms in total. The lowest BCUT2D eigenvalue weighted by molar-refractivity contribution is -0.122. The fraction of sp³-hybridized carbons (Fsp3) is 0.130. The van der Waals surface area contributed by atoms with Crippen molar-refractivity contribution in [2.75, 3.05) is 19.3 Å². The van der Waals surface area contributed by atoms with E-state index in [0.29, 0.717) is 10.6 Å². The monoisotopic (exact) mass is 482 g/mol. The molecule has 33 heavy (non-hydrogen) atoms. The van der Waals surface area contributed by atoms with Gasteiger partial charge in [0.15, 0.2) is 5.69 Å². The summed E-state index contributed by atoms with van der Waals surface area (Å²) < 4.78 is 14.5. The maximum atomic E-state index is 13.1. The minimum Gasteiger partial charge on any atom is -0.349 e. The second-order valence-electron chi connectivity index (χ2n) is 6.98. The van der Waals surface area contributed by atoms with Gasteiger partial charge in [0.25, 0.3) is 17.1 Å². The Labute approximate surface area is 198 Å². The summed E-state index contributed by atoms with van der Waals surface area (Å²) in [5.41, 5.74) is 1.62. The van der Waals surface area contributed by atoms with E-state index in [9.17, 15) is 18.8 Å². The SMILES string of the molecule is CSc1ccc(/C=C2\SC(=O)N(CCNC(=O)c3ccn(-c4ccc(F)cc4)n3)C2=O)cc1. The molecule has 168 valence electrons. The van der Waals surface area contributed by atoms with Crippen molar-refractivity contribution in [2.24, 2.45) is 0 Å². The molecule has 1 saturated heterocycles. The van der Waals surface area contributed by atoms with Crippen molar-refractivity contribution < 1.29 is 18.8 Å². The van der Waals surface area contributed by atoms with Gasteiger partial charge in [-0.25, -0.2) is 9.07 Å². The number of nitrogens with zero attached hydrogens (tertiary/aromatic N) is 3. The van der Waals surface area contributed by atoms with Crippen LogP contribution in [0.4, 0.5) is 9.18 Å². The number of thioether (sulfide) groups is 2. The quantitative estimate of drug-likeness (QED) is 0.401. The van der Waals surface area contributed by atoms with Crippen molar-refractivity contribution in [3.8, 4) is 5.69 Å². The minimum absolute atomic E-state index is 0.0534. The van der Waals surface area contributed by atoms with Crippen LogP contribution in [-0.2, 0) is 4.79 Å². The van der Waals surface area contributed by atoms with Gasteiger partial charge in [-0.3, -0.25) is 19.3 Å². The van der Waals surface area contributed by atoms with Crippen molar-refractivity contribution in [3.63, 3.8) is 0 Å². The minimum atomic E-state index is -0.438. The van der Waals surface area contributed by atoms with Crippen molar-refractivity contribution in [1.82, 2.24) is 20.0 Å². The number of aromatic nitrogens is 2. The van der Waals surface area contributed by atoms with Gasteiger partial charge in [-0.2, -0.15) is 5.10 Å². The Morgan fingerprint density at radius 1 is 1.12 bits per heavy atom. The number of amides is 3. The summed E-state index contributed by atoms with van der Waals surface area (Å²) in [5.74, 6) is -1.18. The fourth-order valence-corrected chi connectivity index (χ4v) is 4.37. The molecule has 4 rings (SSSR count). The zero-order valence-electron chi connectivity index (χ0n) is 17.5.